The largest absolute Gasteiger partial charge is 0.480 e. The van der Waals surface area contributed by atoms with Crippen LogP contribution in [0.1, 0.15) is 22.9 Å². The zero-order valence-corrected chi connectivity index (χ0v) is 11.5. The SMILES string of the molecule is CCc1c(C)sc(N(CC(=O)O)CC(=O)O)c1C#N. The summed E-state index contributed by atoms with van der Waals surface area (Å²) in [5, 5.41) is 27.3. The Balaban J connectivity index is 3.25. The minimum Gasteiger partial charge on any atom is -0.480 e. The zero-order valence-electron chi connectivity index (χ0n) is 10.6. The van der Waals surface area contributed by atoms with Crippen LogP contribution in [0.4, 0.5) is 5.00 Å². The molecule has 0 unspecified atom stereocenters. The molecule has 0 atom stereocenters. The van der Waals surface area contributed by atoms with E-state index in [-0.39, 0.29) is 0 Å². The van der Waals surface area contributed by atoms with E-state index in [0.29, 0.717) is 17.0 Å². The average molecular weight is 282 g/mol. The van der Waals surface area contributed by atoms with Gasteiger partial charge < -0.3 is 15.1 Å². The Morgan fingerprint density at radius 3 is 2.21 bits per heavy atom. The first-order valence-electron chi connectivity index (χ1n) is 5.61. The van der Waals surface area contributed by atoms with Gasteiger partial charge in [0.15, 0.2) is 0 Å². The van der Waals surface area contributed by atoms with Crippen LogP contribution in [0, 0.1) is 18.3 Å². The smallest absolute Gasteiger partial charge is 0.323 e. The summed E-state index contributed by atoms with van der Waals surface area (Å²) in [5.74, 6) is -2.26. The van der Waals surface area contributed by atoms with Gasteiger partial charge in [-0.1, -0.05) is 6.92 Å². The third-order valence-electron chi connectivity index (χ3n) is 2.60. The third kappa shape index (κ3) is 3.45. The molecule has 0 amide bonds. The summed E-state index contributed by atoms with van der Waals surface area (Å²) in [5.41, 5.74) is 1.23. The van der Waals surface area contributed by atoms with Crippen LogP contribution in [-0.4, -0.2) is 35.2 Å². The molecule has 7 heteroatoms. The highest BCUT2D eigenvalue weighted by Gasteiger charge is 2.22. The lowest BCUT2D eigenvalue weighted by Crippen LogP contribution is -2.34. The highest BCUT2D eigenvalue weighted by Crippen LogP contribution is 2.35. The van der Waals surface area contributed by atoms with Crippen molar-refractivity contribution >= 4 is 28.3 Å². The van der Waals surface area contributed by atoms with Crippen molar-refractivity contribution < 1.29 is 19.8 Å². The lowest BCUT2D eigenvalue weighted by Gasteiger charge is -2.19. The molecule has 102 valence electrons. The molecule has 0 saturated heterocycles. The second-order valence-electron chi connectivity index (χ2n) is 3.93. The maximum atomic E-state index is 10.8. The molecule has 1 rings (SSSR count). The molecule has 0 aromatic carbocycles. The van der Waals surface area contributed by atoms with E-state index in [1.165, 1.54) is 16.2 Å². The van der Waals surface area contributed by atoms with Crippen LogP contribution in [0.3, 0.4) is 0 Å². The third-order valence-corrected chi connectivity index (χ3v) is 3.80. The normalized spacial score (nSPS) is 9.95. The van der Waals surface area contributed by atoms with Crippen molar-refractivity contribution in [2.75, 3.05) is 18.0 Å². The highest BCUT2D eigenvalue weighted by atomic mass is 32.1. The quantitative estimate of drug-likeness (QED) is 0.819. The van der Waals surface area contributed by atoms with E-state index in [4.69, 9.17) is 10.2 Å². The van der Waals surface area contributed by atoms with Crippen molar-refractivity contribution in [1.29, 1.82) is 5.26 Å². The van der Waals surface area contributed by atoms with Gasteiger partial charge >= 0.3 is 11.9 Å². The molecule has 0 spiro atoms. The van der Waals surface area contributed by atoms with Gasteiger partial charge in [-0.25, -0.2) is 0 Å². The van der Waals surface area contributed by atoms with Gasteiger partial charge in [0, 0.05) is 4.88 Å². The summed E-state index contributed by atoms with van der Waals surface area (Å²) in [6.45, 7) is 2.86. The van der Waals surface area contributed by atoms with E-state index in [1.54, 1.807) is 0 Å². The number of aryl methyl sites for hydroxylation is 1. The number of carbonyl (C=O) groups is 2. The zero-order chi connectivity index (χ0) is 14.6. The molecule has 0 radical (unpaired) electrons. The topological polar surface area (TPSA) is 102 Å². The predicted molar refractivity (Wildman–Crippen MR) is 70.6 cm³/mol. The standard InChI is InChI=1S/C12H14N2O4S/c1-3-8-7(2)19-12(9(8)4-13)14(5-10(15)16)6-11(17)18/h3,5-6H2,1-2H3,(H,15,16)(H,17,18). The van der Waals surface area contributed by atoms with E-state index in [9.17, 15) is 14.9 Å². The first-order valence-corrected chi connectivity index (χ1v) is 6.43. The summed E-state index contributed by atoms with van der Waals surface area (Å²) < 4.78 is 0. The summed E-state index contributed by atoms with van der Waals surface area (Å²) in [6.07, 6.45) is 0.652. The fraction of sp³-hybridized carbons (Fsp3) is 0.417. The van der Waals surface area contributed by atoms with Crippen LogP contribution in [0.25, 0.3) is 0 Å². The van der Waals surface area contributed by atoms with Gasteiger partial charge in [-0.2, -0.15) is 5.26 Å². The average Bonchev–Trinajstić information content (AvgIpc) is 2.63. The van der Waals surface area contributed by atoms with E-state index < -0.39 is 25.0 Å². The van der Waals surface area contributed by atoms with Gasteiger partial charge in [0.25, 0.3) is 0 Å². The highest BCUT2D eigenvalue weighted by molar-refractivity contribution is 7.16. The molecular formula is C12H14N2O4S. The molecule has 0 aliphatic rings. The first kappa shape index (κ1) is 15.0. The molecule has 1 heterocycles. The molecule has 0 aliphatic heterocycles. The van der Waals surface area contributed by atoms with Crippen LogP contribution in [0.2, 0.25) is 0 Å². The van der Waals surface area contributed by atoms with Crippen molar-refractivity contribution in [3.8, 4) is 6.07 Å². The maximum absolute atomic E-state index is 10.8. The van der Waals surface area contributed by atoms with Gasteiger partial charge in [-0.05, 0) is 18.9 Å². The number of nitriles is 1. The molecule has 0 bridgehead atoms. The van der Waals surface area contributed by atoms with E-state index in [1.807, 2.05) is 19.9 Å². The molecule has 0 fully saturated rings. The van der Waals surface area contributed by atoms with Crippen molar-refractivity contribution in [3.63, 3.8) is 0 Å². The fourth-order valence-electron chi connectivity index (χ4n) is 1.85. The Morgan fingerprint density at radius 2 is 1.84 bits per heavy atom. The van der Waals surface area contributed by atoms with E-state index >= 15 is 0 Å². The van der Waals surface area contributed by atoms with E-state index in [0.717, 1.165) is 10.4 Å². The Labute approximate surface area is 114 Å². The summed E-state index contributed by atoms with van der Waals surface area (Å²) in [7, 11) is 0. The minimum absolute atomic E-state index is 0.382. The van der Waals surface area contributed by atoms with Crippen molar-refractivity contribution in [1.82, 2.24) is 0 Å². The summed E-state index contributed by atoms with van der Waals surface area (Å²) in [4.78, 5) is 23.7. The van der Waals surface area contributed by atoms with Crippen LogP contribution in [0.15, 0.2) is 0 Å². The van der Waals surface area contributed by atoms with Gasteiger partial charge in [0.05, 0.1) is 5.56 Å². The van der Waals surface area contributed by atoms with Crippen LogP contribution in [-0.2, 0) is 16.0 Å². The fourth-order valence-corrected chi connectivity index (χ4v) is 3.04. The Hall–Kier alpha value is -2.07. The van der Waals surface area contributed by atoms with Crippen molar-refractivity contribution in [2.24, 2.45) is 0 Å². The molecule has 19 heavy (non-hydrogen) atoms. The predicted octanol–water partition coefficient (Wildman–Crippen LogP) is 1.47. The second-order valence-corrected chi connectivity index (χ2v) is 5.13. The molecule has 1 aromatic rings. The lowest BCUT2D eigenvalue weighted by atomic mass is 10.1. The first-order chi connectivity index (χ1) is 8.90. The van der Waals surface area contributed by atoms with Crippen LogP contribution in [0.5, 0.6) is 0 Å². The van der Waals surface area contributed by atoms with Crippen LogP contribution >= 0.6 is 11.3 Å². The molecule has 6 nitrogen and oxygen atoms in total. The van der Waals surface area contributed by atoms with E-state index in [2.05, 4.69) is 0 Å². The van der Waals surface area contributed by atoms with Gasteiger partial charge in [-0.3, -0.25) is 9.59 Å². The van der Waals surface area contributed by atoms with Gasteiger partial charge in [0.2, 0.25) is 0 Å². The number of thiophene rings is 1. The number of anilines is 1. The van der Waals surface area contributed by atoms with Gasteiger partial charge in [-0.15, -0.1) is 11.3 Å². The minimum atomic E-state index is -1.13. The molecular weight excluding hydrogens is 268 g/mol. The number of rotatable bonds is 6. The monoisotopic (exact) mass is 282 g/mol. The summed E-state index contributed by atoms with van der Waals surface area (Å²) in [6, 6.07) is 2.05. The number of carboxylic acids is 2. The van der Waals surface area contributed by atoms with Gasteiger partial charge in [0.1, 0.15) is 24.2 Å². The number of nitrogens with zero attached hydrogens (tertiary/aromatic N) is 2. The Bertz CT molecular complexity index is 529. The molecule has 0 aliphatic carbocycles. The lowest BCUT2D eigenvalue weighted by molar-refractivity contribution is -0.136. The van der Waals surface area contributed by atoms with Crippen molar-refractivity contribution in [2.45, 2.75) is 20.3 Å². The molecule has 1 aromatic heterocycles. The number of hydrogen-bond donors (Lipinski definition) is 2. The Kier molecular flexibility index (Phi) is 4.89. The second kappa shape index (κ2) is 6.20. The summed E-state index contributed by atoms with van der Waals surface area (Å²) >= 11 is 1.26. The Morgan fingerprint density at radius 1 is 1.32 bits per heavy atom. The van der Waals surface area contributed by atoms with Crippen molar-refractivity contribution in [3.05, 3.63) is 16.0 Å². The molecule has 2 N–H and O–H groups in total. The number of aliphatic carboxylic acids is 2. The number of carboxylic acid groups (broad SMARTS) is 2. The van der Waals surface area contributed by atoms with Crippen LogP contribution < -0.4 is 4.90 Å². The maximum Gasteiger partial charge on any atom is 0.323 e. The number of hydrogen-bond acceptors (Lipinski definition) is 5. The molecule has 0 saturated carbocycles.